The molecule has 0 amide bonds. The third-order valence-corrected chi connectivity index (χ3v) is 2.59. The number of carbonyl (C=O) groups is 1. The maximum absolute atomic E-state index is 11.3. The van der Waals surface area contributed by atoms with Gasteiger partial charge < -0.3 is 9.47 Å². The van der Waals surface area contributed by atoms with Crippen LogP contribution < -0.4 is 4.74 Å². The van der Waals surface area contributed by atoms with Crippen LogP contribution in [0.5, 0.6) is 5.75 Å². The Kier molecular flexibility index (Phi) is 3.81. The Morgan fingerprint density at radius 1 is 1.47 bits per heavy atom. The fourth-order valence-corrected chi connectivity index (χ4v) is 1.73. The molecule has 1 aliphatic rings. The largest absolute Gasteiger partial charge is 0.494 e. The fourth-order valence-electron chi connectivity index (χ4n) is 1.73. The van der Waals surface area contributed by atoms with Gasteiger partial charge in [0.15, 0.2) is 5.78 Å². The van der Waals surface area contributed by atoms with E-state index in [-0.39, 0.29) is 11.9 Å². The quantitative estimate of drug-likeness (QED) is 0.800. The lowest BCUT2D eigenvalue weighted by Crippen LogP contribution is -2.11. The average molecular weight is 232 g/mol. The number of ether oxygens (including phenoxy) is 2. The molecule has 17 heavy (non-hydrogen) atoms. The van der Waals surface area contributed by atoms with Crippen molar-refractivity contribution in [2.24, 2.45) is 0 Å². The van der Waals surface area contributed by atoms with Gasteiger partial charge in [0.05, 0.1) is 19.3 Å². The van der Waals surface area contributed by atoms with E-state index in [9.17, 15) is 4.79 Å². The summed E-state index contributed by atoms with van der Waals surface area (Å²) in [5.41, 5.74) is 0.983. The van der Waals surface area contributed by atoms with E-state index in [0.717, 1.165) is 17.7 Å². The van der Waals surface area contributed by atoms with Crippen LogP contribution in [-0.4, -0.2) is 12.4 Å². The Balaban J connectivity index is 2.10. The molecular formula is C14H16O3. The van der Waals surface area contributed by atoms with Crippen molar-refractivity contribution in [2.75, 3.05) is 6.61 Å². The Labute approximate surface area is 101 Å². The molecule has 0 fully saturated rings. The van der Waals surface area contributed by atoms with Crippen molar-refractivity contribution >= 4 is 5.78 Å². The second kappa shape index (κ2) is 5.53. The van der Waals surface area contributed by atoms with Gasteiger partial charge in [-0.15, -0.1) is 0 Å². The second-order valence-corrected chi connectivity index (χ2v) is 4.02. The fraction of sp³-hybridized carbons (Fsp3) is 0.357. The Bertz CT molecular complexity index is 423. The smallest absolute Gasteiger partial charge is 0.162 e. The zero-order valence-corrected chi connectivity index (χ0v) is 9.89. The van der Waals surface area contributed by atoms with Crippen molar-refractivity contribution in [3.63, 3.8) is 0 Å². The summed E-state index contributed by atoms with van der Waals surface area (Å²) in [6.45, 7) is 2.77. The van der Waals surface area contributed by atoms with E-state index in [2.05, 4.69) is 6.92 Å². The molecule has 0 saturated carbocycles. The average Bonchev–Trinajstić information content (AvgIpc) is 2.37. The summed E-state index contributed by atoms with van der Waals surface area (Å²) in [5.74, 6) is 0.927. The van der Waals surface area contributed by atoms with Crippen molar-refractivity contribution in [1.82, 2.24) is 0 Å². The van der Waals surface area contributed by atoms with Crippen molar-refractivity contribution < 1.29 is 14.3 Å². The first-order valence-electron chi connectivity index (χ1n) is 5.87. The molecule has 0 spiro atoms. The summed E-state index contributed by atoms with van der Waals surface area (Å²) < 4.78 is 11.0. The molecule has 1 atom stereocenters. The molecule has 1 unspecified atom stereocenters. The van der Waals surface area contributed by atoms with Crippen molar-refractivity contribution in [2.45, 2.75) is 25.9 Å². The van der Waals surface area contributed by atoms with Gasteiger partial charge >= 0.3 is 0 Å². The summed E-state index contributed by atoms with van der Waals surface area (Å²) in [6.07, 6.45) is 4.13. The first-order chi connectivity index (χ1) is 8.29. The Morgan fingerprint density at radius 2 is 2.35 bits per heavy atom. The molecule has 1 heterocycles. The van der Waals surface area contributed by atoms with Crippen LogP contribution in [-0.2, 0) is 9.53 Å². The summed E-state index contributed by atoms with van der Waals surface area (Å²) in [4.78, 5) is 11.3. The number of hydrogen-bond donors (Lipinski definition) is 0. The second-order valence-electron chi connectivity index (χ2n) is 4.02. The molecule has 0 N–H and O–H groups in total. The molecule has 1 aliphatic heterocycles. The van der Waals surface area contributed by atoms with Gasteiger partial charge in [-0.3, -0.25) is 4.79 Å². The molecule has 2 rings (SSSR count). The van der Waals surface area contributed by atoms with E-state index in [4.69, 9.17) is 9.47 Å². The first-order valence-corrected chi connectivity index (χ1v) is 5.87. The number of carbonyl (C=O) groups excluding carboxylic acids is 1. The highest BCUT2D eigenvalue weighted by Gasteiger charge is 2.18. The minimum Gasteiger partial charge on any atom is -0.494 e. The highest BCUT2D eigenvalue weighted by molar-refractivity contribution is 5.90. The van der Waals surface area contributed by atoms with Crippen molar-refractivity contribution in [1.29, 1.82) is 0 Å². The number of allylic oxidation sites excluding steroid dienone is 1. The molecule has 3 nitrogen and oxygen atoms in total. The maximum Gasteiger partial charge on any atom is 0.162 e. The predicted octanol–water partition coefficient (Wildman–Crippen LogP) is 3.02. The predicted molar refractivity (Wildman–Crippen MR) is 64.8 cm³/mol. The van der Waals surface area contributed by atoms with Crippen LogP contribution in [0.4, 0.5) is 0 Å². The van der Waals surface area contributed by atoms with Gasteiger partial charge in [0.1, 0.15) is 11.9 Å². The number of benzene rings is 1. The van der Waals surface area contributed by atoms with E-state index in [1.165, 1.54) is 12.3 Å². The third-order valence-electron chi connectivity index (χ3n) is 2.59. The van der Waals surface area contributed by atoms with E-state index < -0.39 is 0 Å². The van der Waals surface area contributed by atoms with Crippen LogP contribution in [0.15, 0.2) is 36.6 Å². The Morgan fingerprint density at radius 3 is 3.12 bits per heavy atom. The minimum atomic E-state index is -0.183. The SMILES string of the molecule is CCCOc1cccc(C2CC(=O)C=CO2)c1. The van der Waals surface area contributed by atoms with Crippen LogP contribution in [0, 0.1) is 0 Å². The summed E-state index contributed by atoms with van der Waals surface area (Å²) >= 11 is 0. The summed E-state index contributed by atoms with van der Waals surface area (Å²) in [5, 5.41) is 0. The highest BCUT2D eigenvalue weighted by Crippen LogP contribution is 2.27. The molecule has 3 heteroatoms. The number of hydrogen-bond acceptors (Lipinski definition) is 3. The maximum atomic E-state index is 11.3. The van der Waals surface area contributed by atoms with Crippen LogP contribution >= 0.6 is 0 Å². The zero-order valence-electron chi connectivity index (χ0n) is 9.89. The van der Waals surface area contributed by atoms with Gasteiger partial charge in [0, 0.05) is 6.08 Å². The van der Waals surface area contributed by atoms with Crippen molar-refractivity contribution in [3.05, 3.63) is 42.2 Å². The van der Waals surface area contributed by atoms with E-state index in [1.807, 2.05) is 24.3 Å². The molecule has 0 saturated heterocycles. The number of ketones is 1. The summed E-state index contributed by atoms with van der Waals surface area (Å²) in [7, 11) is 0. The van der Waals surface area contributed by atoms with Gasteiger partial charge in [-0.25, -0.2) is 0 Å². The van der Waals surface area contributed by atoms with Crippen LogP contribution in [0.25, 0.3) is 0 Å². The molecule has 0 aromatic heterocycles. The van der Waals surface area contributed by atoms with Crippen LogP contribution in [0.2, 0.25) is 0 Å². The number of rotatable bonds is 4. The van der Waals surface area contributed by atoms with Gasteiger partial charge in [-0.05, 0) is 24.1 Å². The van der Waals surface area contributed by atoms with Gasteiger partial charge in [0.2, 0.25) is 0 Å². The van der Waals surface area contributed by atoms with E-state index in [1.54, 1.807) is 0 Å². The molecule has 0 aliphatic carbocycles. The topological polar surface area (TPSA) is 35.5 Å². The lowest BCUT2D eigenvalue weighted by Gasteiger charge is -2.19. The monoisotopic (exact) mass is 232 g/mol. The lowest BCUT2D eigenvalue weighted by molar-refractivity contribution is -0.118. The zero-order chi connectivity index (χ0) is 12.1. The molecular weight excluding hydrogens is 216 g/mol. The normalized spacial score (nSPS) is 18.9. The molecule has 0 radical (unpaired) electrons. The lowest BCUT2D eigenvalue weighted by atomic mass is 10.0. The van der Waals surface area contributed by atoms with Gasteiger partial charge in [0.25, 0.3) is 0 Å². The summed E-state index contributed by atoms with van der Waals surface area (Å²) in [6, 6.07) is 7.73. The molecule has 1 aromatic rings. The standard InChI is InChI=1S/C14H16O3/c1-2-7-16-13-5-3-4-11(9-13)14-10-12(15)6-8-17-14/h3-6,8-9,14H,2,7,10H2,1H3. The third kappa shape index (κ3) is 3.09. The van der Waals surface area contributed by atoms with Gasteiger partial charge in [-0.1, -0.05) is 19.1 Å². The highest BCUT2D eigenvalue weighted by atomic mass is 16.5. The molecule has 0 bridgehead atoms. The Hall–Kier alpha value is -1.77. The first kappa shape index (κ1) is 11.7. The molecule has 90 valence electrons. The van der Waals surface area contributed by atoms with Crippen LogP contribution in [0.1, 0.15) is 31.4 Å². The van der Waals surface area contributed by atoms with E-state index in [0.29, 0.717) is 13.0 Å². The van der Waals surface area contributed by atoms with E-state index >= 15 is 0 Å². The molecule has 1 aromatic carbocycles. The van der Waals surface area contributed by atoms with Crippen LogP contribution in [0.3, 0.4) is 0 Å². The van der Waals surface area contributed by atoms with Crippen molar-refractivity contribution in [3.8, 4) is 5.75 Å². The van der Waals surface area contributed by atoms with Gasteiger partial charge in [-0.2, -0.15) is 0 Å². The minimum absolute atomic E-state index is 0.0983.